The van der Waals surface area contributed by atoms with Crippen molar-refractivity contribution in [3.05, 3.63) is 17.0 Å². The zero-order valence-electron chi connectivity index (χ0n) is 10.0. The lowest BCUT2D eigenvalue weighted by Crippen LogP contribution is -2.12. The Morgan fingerprint density at radius 1 is 1.33 bits per heavy atom. The summed E-state index contributed by atoms with van der Waals surface area (Å²) in [5.41, 5.74) is 0. The van der Waals surface area contributed by atoms with Crippen LogP contribution in [0.1, 0.15) is 32.0 Å². The molecule has 7 heteroatoms. The quantitative estimate of drug-likeness (QED) is 0.636. The highest BCUT2D eigenvalue weighted by Crippen LogP contribution is 2.21. The fourth-order valence-corrected chi connectivity index (χ4v) is 1.60. The zero-order chi connectivity index (χ0) is 13.6. The molecule has 0 radical (unpaired) electrons. The van der Waals surface area contributed by atoms with E-state index < -0.39 is 12.6 Å². The van der Waals surface area contributed by atoms with E-state index in [2.05, 4.69) is 15.3 Å². The summed E-state index contributed by atoms with van der Waals surface area (Å²) < 4.78 is 35.8. The summed E-state index contributed by atoms with van der Waals surface area (Å²) in [5.74, 6) is 1.07. The number of alkyl halides is 3. The minimum Gasteiger partial charge on any atom is -0.370 e. The molecule has 0 aliphatic heterocycles. The standard InChI is InChI=1S/C11H15ClF3N3/c1-2-4-9-17-8(12)7-10(18-9)16-6-3-5-11(13,14)15/h7H,2-6H2,1H3,(H,16,17,18). The molecule has 0 spiro atoms. The number of nitrogens with zero attached hydrogens (tertiary/aromatic N) is 2. The van der Waals surface area contributed by atoms with Gasteiger partial charge in [0.2, 0.25) is 0 Å². The van der Waals surface area contributed by atoms with Gasteiger partial charge in [-0.15, -0.1) is 0 Å². The van der Waals surface area contributed by atoms with Crippen molar-refractivity contribution in [1.29, 1.82) is 0 Å². The molecule has 18 heavy (non-hydrogen) atoms. The van der Waals surface area contributed by atoms with Gasteiger partial charge in [0.1, 0.15) is 16.8 Å². The van der Waals surface area contributed by atoms with Gasteiger partial charge in [-0.25, -0.2) is 9.97 Å². The molecule has 0 unspecified atom stereocenters. The van der Waals surface area contributed by atoms with E-state index in [0.717, 1.165) is 6.42 Å². The normalized spacial score (nSPS) is 11.6. The number of aryl methyl sites for hydroxylation is 1. The second-order valence-corrected chi connectivity index (χ2v) is 4.27. The van der Waals surface area contributed by atoms with Gasteiger partial charge >= 0.3 is 6.18 Å². The van der Waals surface area contributed by atoms with Crippen molar-refractivity contribution in [2.75, 3.05) is 11.9 Å². The number of anilines is 1. The van der Waals surface area contributed by atoms with Gasteiger partial charge in [0.15, 0.2) is 0 Å². The van der Waals surface area contributed by atoms with Crippen LogP contribution in [0.5, 0.6) is 0 Å². The molecular formula is C11H15ClF3N3. The molecule has 0 aliphatic rings. The average molecular weight is 282 g/mol. The van der Waals surface area contributed by atoms with Crippen molar-refractivity contribution in [2.45, 2.75) is 38.8 Å². The Hall–Kier alpha value is -1.04. The molecule has 1 heterocycles. The Morgan fingerprint density at radius 2 is 2.06 bits per heavy atom. The lowest BCUT2D eigenvalue weighted by Gasteiger charge is -2.09. The van der Waals surface area contributed by atoms with Crippen molar-refractivity contribution in [2.24, 2.45) is 0 Å². The van der Waals surface area contributed by atoms with Crippen LogP contribution in [0.25, 0.3) is 0 Å². The van der Waals surface area contributed by atoms with Crippen LogP contribution in [-0.2, 0) is 6.42 Å². The second kappa shape index (κ2) is 6.78. The van der Waals surface area contributed by atoms with Crippen LogP contribution in [0.15, 0.2) is 6.07 Å². The molecule has 0 saturated heterocycles. The van der Waals surface area contributed by atoms with Crippen LogP contribution in [-0.4, -0.2) is 22.7 Å². The van der Waals surface area contributed by atoms with Gasteiger partial charge in [-0.2, -0.15) is 13.2 Å². The molecule has 1 rings (SSSR count). The van der Waals surface area contributed by atoms with Crippen molar-refractivity contribution in [3.63, 3.8) is 0 Å². The first-order valence-corrected chi connectivity index (χ1v) is 6.12. The van der Waals surface area contributed by atoms with Gasteiger partial charge in [0, 0.05) is 25.5 Å². The van der Waals surface area contributed by atoms with Gasteiger partial charge in [-0.05, 0) is 12.8 Å². The molecule has 1 N–H and O–H groups in total. The van der Waals surface area contributed by atoms with Gasteiger partial charge in [-0.3, -0.25) is 0 Å². The topological polar surface area (TPSA) is 37.8 Å². The van der Waals surface area contributed by atoms with Crippen LogP contribution in [0, 0.1) is 0 Å². The van der Waals surface area contributed by atoms with Crippen LogP contribution >= 0.6 is 11.6 Å². The maximum Gasteiger partial charge on any atom is 0.389 e. The first-order chi connectivity index (χ1) is 8.40. The molecule has 0 fully saturated rings. The molecule has 3 nitrogen and oxygen atoms in total. The highest BCUT2D eigenvalue weighted by Gasteiger charge is 2.25. The van der Waals surface area contributed by atoms with Crippen LogP contribution < -0.4 is 5.32 Å². The molecule has 0 bridgehead atoms. The fourth-order valence-electron chi connectivity index (χ4n) is 1.40. The number of hydrogen-bond acceptors (Lipinski definition) is 3. The lowest BCUT2D eigenvalue weighted by molar-refractivity contribution is -0.134. The number of halogens is 4. The summed E-state index contributed by atoms with van der Waals surface area (Å²) >= 11 is 5.80. The van der Waals surface area contributed by atoms with Crippen molar-refractivity contribution in [3.8, 4) is 0 Å². The van der Waals surface area contributed by atoms with E-state index >= 15 is 0 Å². The number of aromatic nitrogens is 2. The molecular weight excluding hydrogens is 267 g/mol. The van der Waals surface area contributed by atoms with E-state index in [0.29, 0.717) is 23.2 Å². The van der Waals surface area contributed by atoms with Crippen molar-refractivity contribution in [1.82, 2.24) is 9.97 Å². The Labute approximate surface area is 109 Å². The summed E-state index contributed by atoms with van der Waals surface area (Å²) in [7, 11) is 0. The minimum atomic E-state index is -4.11. The molecule has 0 aliphatic carbocycles. The second-order valence-electron chi connectivity index (χ2n) is 3.89. The third-order valence-electron chi connectivity index (χ3n) is 2.16. The van der Waals surface area contributed by atoms with Gasteiger partial charge < -0.3 is 5.32 Å². The maximum atomic E-state index is 11.9. The van der Waals surface area contributed by atoms with E-state index in [1.54, 1.807) is 0 Å². The lowest BCUT2D eigenvalue weighted by atomic mass is 10.3. The Bertz CT molecular complexity index is 382. The summed E-state index contributed by atoms with van der Waals surface area (Å²) in [6.45, 7) is 2.19. The Morgan fingerprint density at radius 3 is 2.67 bits per heavy atom. The molecule has 0 saturated carbocycles. The maximum absolute atomic E-state index is 11.9. The number of nitrogens with one attached hydrogen (secondary N) is 1. The third kappa shape index (κ3) is 6.05. The number of rotatable bonds is 6. The molecule has 0 aromatic carbocycles. The van der Waals surface area contributed by atoms with Crippen molar-refractivity contribution < 1.29 is 13.2 Å². The van der Waals surface area contributed by atoms with E-state index in [1.807, 2.05) is 6.92 Å². The van der Waals surface area contributed by atoms with Crippen molar-refractivity contribution >= 4 is 17.4 Å². The SMILES string of the molecule is CCCc1nc(Cl)cc(NCCCC(F)(F)F)n1. The third-order valence-corrected chi connectivity index (χ3v) is 2.35. The highest BCUT2D eigenvalue weighted by molar-refractivity contribution is 6.29. The first kappa shape index (κ1) is 15.0. The summed E-state index contributed by atoms with van der Waals surface area (Å²) in [5, 5.41) is 3.12. The Kier molecular flexibility index (Phi) is 5.65. The van der Waals surface area contributed by atoms with Gasteiger partial charge in [0.25, 0.3) is 0 Å². The molecule has 0 atom stereocenters. The van der Waals surface area contributed by atoms with Gasteiger partial charge in [-0.1, -0.05) is 18.5 Å². The monoisotopic (exact) mass is 281 g/mol. The predicted molar refractivity (Wildman–Crippen MR) is 64.8 cm³/mol. The smallest absolute Gasteiger partial charge is 0.370 e. The van der Waals surface area contributed by atoms with E-state index in [1.165, 1.54) is 6.07 Å². The van der Waals surface area contributed by atoms with Crippen LogP contribution in [0.3, 0.4) is 0 Å². The fraction of sp³-hybridized carbons (Fsp3) is 0.636. The minimum absolute atomic E-state index is 0.00817. The first-order valence-electron chi connectivity index (χ1n) is 5.75. The largest absolute Gasteiger partial charge is 0.389 e. The highest BCUT2D eigenvalue weighted by atomic mass is 35.5. The molecule has 0 amide bonds. The number of hydrogen-bond donors (Lipinski definition) is 1. The zero-order valence-corrected chi connectivity index (χ0v) is 10.8. The van der Waals surface area contributed by atoms with Gasteiger partial charge in [0.05, 0.1) is 0 Å². The van der Waals surface area contributed by atoms with E-state index in [-0.39, 0.29) is 13.0 Å². The van der Waals surface area contributed by atoms with Crippen LogP contribution in [0.2, 0.25) is 5.15 Å². The predicted octanol–water partition coefficient (Wildman–Crippen LogP) is 3.84. The average Bonchev–Trinajstić information content (AvgIpc) is 2.23. The molecule has 102 valence electrons. The summed E-state index contributed by atoms with van der Waals surface area (Å²) in [6, 6.07) is 1.51. The molecule has 1 aromatic heterocycles. The van der Waals surface area contributed by atoms with Crippen LogP contribution in [0.4, 0.5) is 19.0 Å². The Balaban J connectivity index is 2.46. The van der Waals surface area contributed by atoms with E-state index in [9.17, 15) is 13.2 Å². The summed E-state index contributed by atoms with van der Waals surface area (Å²) in [4.78, 5) is 8.19. The molecule has 1 aromatic rings. The summed E-state index contributed by atoms with van der Waals surface area (Å²) in [6.07, 6.45) is -3.33. The van der Waals surface area contributed by atoms with E-state index in [4.69, 9.17) is 11.6 Å².